The van der Waals surface area contributed by atoms with E-state index in [9.17, 15) is 0 Å². The Hall–Kier alpha value is -9.62. The van der Waals surface area contributed by atoms with E-state index in [2.05, 4.69) is 419 Å². The van der Waals surface area contributed by atoms with Crippen molar-refractivity contribution < 1.29 is 0 Å². The van der Waals surface area contributed by atoms with E-state index >= 15 is 0 Å². The summed E-state index contributed by atoms with van der Waals surface area (Å²) in [6, 6.07) is 145. The second-order valence-corrected chi connectivity index (χ2v) is 48.1. The Morgan fingerprint density at radius 3 is 0.307 bits per heavy atom. The summed E-state index contributed by atoms with van der Waals surface area (Å²) >= 11 is 0. The molecule has 0 fully saturated rings. The third-order valence-corrected chi connectivity index (χ3v) is 43.5. The second kappa shape index (κ2) is 44.3. The lowest BCUT2D eigenvalue weighted by atomic mass is 9.85. The highest BCUT2D eigenvalue weighted by atomic mass is 28.3. The first-order valence-electron chi connectivity index (χ1n) is 43.2. The van der Waals surface area contributed by atoms with Gasteiger partial charge < -0.3 is 0 Å². The van der Waals surface area contributed by atoms with Gasteiger partial charge in [0.1, 0.15) is 52.8 Å². The zero-order valence-electron chi connectivity index (χ0n) is 69.4. The summed E-state index contributed by atoms with van der Waals surface area (Å²) in [5.41, 5.74) is 20.0. The van der Waals surface area contributed by atoms with Crippen molar-refractivity contribution in [1.29, 1.82) is 0 Å². The standard InChI is InChI=1S/2C51H54Si3.C6H14/c2*1-4-46-49(37-52(40-25-13-7-14-26-40)41-27-15-8-16-28-41)47(5-2)51(39-54(44-33-21-11-22-34-44)45-35-23-12-24-36-45)48(6-3)50(46)38-53(42-29-17-9-18-30-42)43-31-19-10-20-32-43;1-3-5-6-4-2/h2*7-36,52-54H,4-6,37-39H2,1-3H3;3-6H2,1-2H3. The van der Waals surface area contributed by atoms with Gasteiger partial charge in [0.05, 0.1) is 0 Å². The quantitative estimate of drug-likeness (QED) is 0.0284. The third kappa shape index (κ3) is 21.5. The first kappa shape index (κ1) is 83.8. The summed E-state index contributed by atoms with van der Waals surface area (Å²) in [7, 11) is -9.68. The summed E-state index contributed by atoms with van der Waals surface area (Å²) < 4.78 is 0. The number of hydrogen-bond acceptors (Lipinski definition) is 0. The third-order valence-electron chi connectivity index (χ3n) is 24.3. The van der Waals surface area contributed by atoms with Crippen LogP contribution in [0, 0.1) is 0 Å². The van der Waals surface area contributed by atoms with Gasteiger partial charge in [-0.2, -0.15) is 0 Å². The molecule has 0 nitrogen and oxygen atoms in total. The monoisotopic (exact) mass is 1590 g/mol. The van der Waals surface area contributed by atoms with Crippen LogP contribution in [0.25, 0.3) is 0 Å². The molecule has 0 aliphatic carbocycles. The fourth-order valence-electron chi connectivity index (χ4n) is 18.7. The zero-order chi connectivity index (χ0) is 79.1. The predicted octanol–water partition coefficient (Wildman–Crippen LogP) is 16.1. The van der Waals surface area contributed by atoms with Crippen molar-refractivity contribution in [3.63, 3.8) is 0 Å². The fourth-order valence-corrected chi connectivity index (χ4v) is 37.5. The maximum absolute atomic E-state index is 2.44. The highest BCUT2D eigenvalue weighted by Crippen LogP contribution is 2.36. The molecule has 0 aromatic heterocycles. The van der Waals surface area contributed by atoms with Crippen molar-refractivity contribution in [2.75, 3.05) is 0 Å². The Balaban J connectivity index is 0.000000197. The number of benzene rings is 14. The maximum atomic E-state index is 2.44. The number of hydrogen-bond donors (Lipinski definition) is 0. The van der Waals surface area contributed by atoms with Gasteiger partial charge in [0.25, 0.3) is 0 Å². The van der Waals surface area contributed by atoms with Crippen molar-refractivity contribution in [3.05, 3.63) is 431 Å². The molecule has 0 saturated heterocycles. The average Bonchev–Trinajstić information content (AvgIpc) is 0.755. The molecular formula is C108H122Si6. The van der Waals surface area contributed by atoms with Gasteiger partial charge in [0.2, 0.25) is 0 Å². The van der Waals surface area contributed by atoms with Crippen LogP contribution in [0.3, 0.4) is 0 Å². The Labute approximate surface area is 696 Å². The van der Waals surface area contributed by atoms with Crippen LogP contribution >= 0.6 is 0 Å². The van der Waals surface area contributed by atoms with E-state index in [1.54, 1.807) is 66.8 Å². The molecule has 578 valence electrons. The highest BCUT2D eigenvalue weighted by molar-refractivity contribution is 6.87. The fraction of sp³-hybridized carbons (Fsp3) is 0.222. The molecule has 0 bridgehead atoms. The molecule has 0 aliphatic rings. The van der Waals surface area contributed by atoms with Crippen LogP contribution in [-0.4, -0.2) is 52.8 Å². The average molecular weight is 1590 g/mol. The summed E-state index contributed by atoms with van der Waals surface area (Å²) in [4.78, 5) is 0. The van der Waals surface area contributed by atoms with Crippen LogP contribution in [-0.2, 0) is 74.8 Å². The van der Waals surface area contributed by atoms with E-state index in [1.165, 1.54) is 87.9 Å². The van der Waals surface area contributed by atoms with Crippen molar-refractivity contribution in [1.82, 2.24) is 0 Å². The number of unbranched alkanes of at least 4 members (excludes halogenated alkanes) is 3. The number of rotatable bonds is 33. The van der Waals surface area contributed by atoms with Crippen LogP contribution in [0.5, 0.6) is 0 Å². The lowest BCUT2D eigenvalue weighted by Gasteiger charge is -2.31. The van der Waals surface area contributed by atoms with Crippen LogP contribution in [0.15, 0.2) is 364 Å². The first-order valence-corrected chi connectivity index (χ1v) is 55.1. The molecular weight excluding hydrogens is 1470 g/mol. The molecule has 14 aromatic rings. The smallest absolute Gasteiger partial charge is 0.0654 e. The van der Waals surface area contributed by atoms with Crippen molar-refractivity contribution in [2.24, 2.45) is 0 Å². The van der Waals surface area contributed by atoms with Gasteiger partial charge in [-0.15, -0.1) is 0 Å². The molecule has 0 amide bonds. The normalized spacial score (nSPS) is 11.3. The SMILES string of the molecule is CCCCCC.CCc1c(C[SiH](c2ccccc2)c2ccccc2)c(CC)c(C[SiH](c2ccccc2)c2ccccc2)c(CC)c1C[SiH](c1ccccc1)c1ccccc1.CCc1c(C[SiH](c2ccccc2)c2ccccc2)c(CC)c(C[SiH](c2ccccc2)c2ccccc2)c(CC)c1C[SiH](c1ccccc1)c1ccccc1. The van der Waals surface area contributed by atoms with E-state index in [1.807, 2.05) is 0 Å². The largest absolute Gasteiger partial charge is 0.107 e. The van der Waals surface area contributed by atoms with Gasteiger partial charge in [-0.3, -0.25) is 0 Å². The lowest BCUT2D eigenvalue weighted by Crippen LogP contribution is -2.47. The Kier molecular flexibility index (Phi) is 32.6. The Morgan fingerprint density at radius 2 is 0.228 bits per heavy atom. The molecule has 0 atom stereocenters. The molecule has 0 spiro atoms. The van der Waals surface area contributed by atoms with Gasteiger partial charge >= 0.3 is 0 Å². The van der Waals surface area contributed by atoms with E-state index in [4.69, 9.17) is 0 Å². The van der Waals surface area contributed by atoms with Crippen LogP contribution in [0.4, 0.5) is 0 Å². The van der Waals surface area contributed by atoms with Gasteiger partial charge in [-0.25, -0.2) is 0 Å². The topological polar surface area (TPSA) is 0 Å². The second-order valence-electron chi connectivity index (χ2n) is 31.0. The molecule has 6 heteroatoms. The summed E-state index contributed by atoms with van der Waals surface area (Å²) in [5.74, 6) is 0. The van der Waals surface area contributed by atoms with Crippen molar-refractivity contribution in [2.45, 2.75) is 156 Å². The molecule has 114 heavy (non-hydrogen) atoms. The van der Waals surface area contributed by atoms with Crippen molar-refractivity contribution >= 4 is 115 Å². The molecule has 14 aromatic carbocycles. The van der Waals surface area contributed by atoms with E-state index in [-0.39, 0.29) is 0 Å². The van der Waals surface area contributed by atoms with Crippen LogP contribution < -0.4 is 62.2 Å². The summed E-state index contributed by atoms with van der Waals surface area (Å²) in [6.45, 7) is 19.1. The highest BCUT2D eigenvalue weighted by Gasteiger charge is 2.33. The lowest BCUT2D eigenvalue weighted by molar-refractivity contribution is 0.702. The van der Waals surface area contributed by atoms with E-state index in [0.717, 1.165) is 74.8 Å². The maximum Gasteiger partial charge on any atom is 0.107 e. The summed E-state index contributed by atoms with van der Waals surface area (Å²) in [5, 5.41) is 18.5. The van der Waals surface area contributed by atoms with E-state index in [0.29, 0.717) is 0 Å². The molecule has 0 saturated carbocycles. The molecule has 0 heterocycles. The van der Waals surface area contributed by atoms with Gasteiger partial charge in [-0.05, 0) is 142 Å². The van der Waals surface area contributed by atoms with E-state index < -0.39 is 52.8 Å². The predicted molar refractivity (Wildman–Crippen MR) is 517 cm³/mol. The molecule has 0 unspecified atom stereocenters. The minimum absolute atomic E-state index is 1.07. The minimum Gasteiger partial charge on any atom is -0.0654 e. The zero-order valence-corrected chi connectivity index (χ0v) is 76.3. The van der Waals surface area contributed by atoms with Gasteiger partial charge in [0.15, 0.2) is 0 Å². The van der Waals surface area contributed by atoms with Gasteiger partial charge in [-0.1, -0.05) is 507 Å². The van der Waals surface area contributed by atoms with Crippen molar-refractivity contribution in [3.8, 4) is 0 Å². The molecule has 0 N–H and O–H groups in total. The Morgan fingerprint density at radius 1 is 0.132 bits per heavy atom. The minimum atomic E-state index is -1.61. The Bertz CT molecular complexity index is 3980. The molecule has 0 aliphatic heterocycles. The van der Waals surface area contributed by atoms with Crippen LogP contribution in [0.2, 0.25) is 0 Å². The van der Waals surface area contributed by atoms with Crippen LogP contribution in [0.1, 0.15) is 148 Å². The first-order chi connectivity index (χ1) is 56.3. The summed E-state index contributed by atoms with van der Waals surface area (Å²) in [6.07, 6.45) is 11.9. The molecule has 0 radical (unpaired) electrons. The molecule has 14 rings (SSSR count). The van der Waals surface area contributed by atoms with Gasteiger partial charge in [0, 0.05) is 0 Å².